The van der Waals surface area contributed by atoms with Gasteiger partial charge in [0, 0.05) is 30.8 Å². The Kier molecular flexibility index (Phi) is 2.85. The zero-order valence-corrected chi connectivity index (χ0v) is 10.0. The summed E-state index contributed by atoms with van der Waals surface area (Å²) in [6.07, 6.45) is 2.89. The predicted molar refractivity (Wildman–Crippen MR) is 66.2 cm³/mol. The number of rotatable bonds is 2. The van der Waals surface area contributed by atoms with Crippen molar-refractivity contribution in [3.8, 4) is 0 Å². The first kappa shape index (κ1) is 10.1. The van der Waals surface area contributed by atoms with Crippen LogP contribution in [0.1, 0.15) is 10.4 Å². The molecule has 0 amide bonds. The van der Waals surface area contributed by atoms with Crippen LogP contribution in [0.2, 0.25) is 0 Å². The first-order valence-corrected chi connectivity index (χ1v) is 6.55. The van der Waals surface area contributed by atoms with Crippen molar-refractivity contribution >= 4 is 52.1 Å². The van der Waals surface area contributed by atoms with Gasteiger partial charge in [-0.05, 0) is 18.4 Å². The molecule has 1 aromatic carbocycles. The highest BCUT2D eigenvalue weighted by Crippen LogP contribution is 2.34. The third-order valence-corrected chi connectivity index (χ3v) is 4.29. The molecule has 0 saturated heterocycles. The number of hydrogen-bond donors (Lipinski definition) is 1. The first-order valence-electron chi connectivity index (χ1n) is 3.99. The average molecular weight is 240 g/mol. The number of carbonyl (C=O) groups excluding carboxylic acids is 1. The van der Waals surface area contributed by atoms with E-state index < -0.39 is 0 Å². The summed E-state index contributed by atoms with van der Waals surface area (Å²) in [6, 6.07) is 3.86. The van der Waals surface area contributed by atoms with Crippen LogP contribution >= 0.6 is 35.7 Å². The molecular weight excluding hydrogens is 232 g/mol. The van der Waals surface area contributed by atoms with Crippen molar-refractivity contribution in [3.63, 3.8) is 0 Å². The minimum atomic E-state index is 0.662. The van der Waals surface area contributed by atoms with Crippen LogP contribution in [0.25, 0.3) is 10.1 Å². The second-order valence-corrected chi connectivity index (χ2v) is 5.07. The predicted octanol–water partition coefficient (Wildman–Crippen LogP) is 3.72. The Morgan fingerprint density at radius 3 is 2.93 bits per heavy atom. The third kappa shape index (κ3) is 1.58. The Hall–Kier alpha value is -0.450. The lowest BCUT2D eigenvalue weighted by Gasteiger charge is -1.99. The van der Waals surface area contributed by atoms with Gasteiger partial charge in [-0.1, -0.05) is 0 Å². The van der Waals surface area contributed by atoms with Gasteiger partial charge in [0.25, 0.3) is 0 Å². The van der Waals surface area contributed by atoms with Crippen LogP contribution in [0.4, 0.5) is 0 Å². The van der Waals surface area contributed by atoms with Gasteiger partial charge in [-0.2, -0.15) is 0 Å². The molecule has 2 rings (SSSR count). The van der Waals surface area contributed by atoms with Crippen molar-refractivity contribution in [2.45, 2.75) is 9.79 Å². The molecule has 0 aliphatic heterocycles. The fourth-order valence-corrected chi connectivity index (χ4v) is 3.47. The largest absolute Gasteiger partial charge is 0.298 e. The second kappa shape index (κ2) is 3.96. The molecule has 0 aliphatic carbocycles. The lowest BCUT2D eigenvalue weighted by molar-refractivity contribution is 0.112. The lowest BCUT2D eigenvalue weighted by atomic mass is 10.2. The Balaban J connectivity index is 2.76. The molecular formula is C10H8OS3. The van der Waals surface area contributed by atoms with Crippen LogP contribution in [0.3, 0.4) is 0 Å². The summed E-state index contributed by atoms with van der Waals surface area (Å²) in [5, 5.41) is 3.26. The van der Waals surface area contributed by atoms with Gasteiger partial charge in [-0.15, -0.1) is 35.7 Å². The minimum absolute atomic E-state index is 0.662. The van der Waals surface area contributed by atoms with E-state index in [4.69, 9.17) is 0 Å². The maximum atomic E-state index is 10.7. The Morgan fingerprint density at radius 1 is 1.50 bits per heavy atom. The van der Waals surface area contributed by atoms with Gasteiger partial charge in [-0.3, -0.25) is 4.79 Å². The molecule has 0 N–H and O–H groups in total. The van der Waals surface area contributed by atoms with E-state index in [0.717, 1.165) is 16.6 Å². The molecule has 0 radical (unpaired) electrons. The number of thioether (sulfide) groups is 1. The SMILES string of the molecule is CSc1csc2cc(S)c(C=O)cc12. The van der Waals surface area contributed by atoms with Crippen LogP contribution in [-0.2, 0) is 0 Å². The van der Waals surface area contributed by atoms with Crippen molar-refractivity contribution in [1.29, 1.82) is 0 Å². The highest BCUT2D eigenvalue weighted by Gasteiger charge is 2.06. The van der Waals surface area contributed by atoms with Crippen molar-refractivity contribution in [2.75, 3.05) is 6.26 Å². The van der Waals surface area contributed by atoms with Crippen molar-refractivity contribution in [1.82, 2.24) is 0 Å². The van der Waals surface area contributed by atoms with E-state index in [2.05, 4.69) is 18.0 Å². The van der Waals surface area contributed by atoms with E-state index >= 15 is 0 Å². The van der Waals surface area contributed by atoms with Crippen LogP contribution in [0.15, 0.2) is 27.3 Å². The number of aldehydes is 1. The fraction of sp³-hybridized carbons (Fsp3) is 0.100. The third-order valence-electron chi connectivity index (χ3n) is 2.03. The van der Waals surface area contributed by atoms with Crippen molar-refractivity contribution in [3.05, 3.63) is 23.1 Å². The van der Waals surface area contributed by atoms with Crippen LogP contribution < -0.4 is 0 Å². The number of thiophene rings is 1. The Morgan fingerprint density at radius 2 is 2.29 bits per heavy atom. The molecule has 2 aromatic rings. The summed E-state index contributed by atoms with van der Waals surface area (Å²) >= 11 is 7.65. The molecule has 1 aromatic heterocycles. The number of carbonyl (C=O) groups is 1. The number of thiol groups is 1. The van der Waals surface area contributed by atoms with E-state index in [1.165, 1.54) is 9.60 Å². The van der Waals surface area contributed by atoms with Gasteiger partial charge < -0.3 is 0 Å². The summed E-state index contributed by atoms with van der Waals surface area (Å²) in [5.41, 5.74) is 0.662. The molecule has 0 aliphatic rings. The molecule has 0 fully saturated rings. The van der Waals surface area contributed by atoms with Crippen molar-refractivity contribution < 1.29 is 4.79 Å². The van der Waals surface area contributed by atoms with Gasteiger partial charge in [0.15, 0.2) is 6.29 Å². The average Bonchev–Trinajstić information content (AvgIpc) is 2.58. The van der Waals surface area contributed by atoms with Gasteiger partial charge in [0.2, 0.25) is 0 Å². The Bertz CT molecular complexity index is 487. The fourth-order valence-electron chi connectivity index (χ4n) is 1.31. The summed E-state index contributed by atoms with van der Waals surface area (Å²) < 4.78 is 1.19. The monoisotopic (exact) mass is 240 g/mol. The molecule has 72 valence electrons. The Labute approximate surface area is 95.9 Å². The van der Waals surface area contributed by atoms with Gasteiger partial charge in [-0.25, -0.2) is 0 Å². The van der Waals surface area contributed by atoms with Crippen LogP contribution in [-0.4, -0.2) is 12.5 Å². The zero-order valence-electron chi connectivity index (χ0n) is 7.48. The zero-order chi connectivity index (χ0) is 10.1. The molecule has 0 atom stereocenters. The first-order chi connectivity index (χ1) is 6.76. The lowest BCUT2D eigenvalue weighted by Crippen LogP contribution is -1.81. The van der Waals surface area contributed by atoms with Gasteiger partial charge >= 0.3 is 0 Å². The summed E-state index contributed by atoms with van der Waals surface area (Å²) in [4.78, 5) is 12.7. The molecule has 1 nitrogen and oxygen atoms in total. The molecule has 0 unspecified atom stereocenters. The summed E-state index contributed by atoms with van der Waals surface area (Å²) in [7, 11) is 0. The van der Waals surface area contributed by atoms with E-state index in [1.54, 1.807) is 23.1 Å². The van der Waals surface area contributed by atoms with E-state index in [-0.39, 0.29) is 0 Å². The quantitative estimate of drug-likeness (QED) is 0.489. The molecule has 4 heteroatoms. The minimum Gasteiger partial charge on any atom is -0.298 e. The number of hydrogen-bond acceptors (Lipinski definition) is 4. The smallest absolute Gasteiger partial charge is 0.151 e. The van der Waals surface area contributed by atoms with E-state index in [9.17, 15) is 4.79 Å². The van der Waals surface area contributed by atoms with E-state index in [0.29, 0.717) is 5.56 Å². The topological polar surface area (TPSA) is 17.1 Å². The van der Waals surface area contributed by atoms with Crippen molar-refractivity contribution in [2.24, 2.45) is 0 Å². The maximum absolute atomic E-state index is 10.7. The molecule has 0 bridgehead atoms. The molecule has 1 heterocycles. The number of fused-ring (bicyclic) bond motifs is 1. The maximum Gasteiger partial charge on any atom is 0.151 e. The van der Waals surface area contributed by atoms with Crippen LogP contribution in [0, 0.1) is 0 Å². The molecule has 0 saturated carbocycles. The number of benzene rings is 1. The van der Waals surface area contributed by atoms with Crippen LogP contribution in [0.5, 0.6) is 0 Å². The van der Waals surface area contributed by atoms with Gasteiger partial charge in [0.1, 0.15) is 0 Å². The highest BCUT2D eigenvalue weighted by atomic mass is 32.2. The molecule has 0 spiro atoms. The highest BCUT2D eigenvalue weighted by molar-refractivity contribution is 7.99. The molecule has 14 heavy (non-hydrogen) atoms. The normalized spacial score (nSPS) is 10.7. The summed E-state index contributed by atoms with van der Waals surface area (Å²) in [5.74, 6) is 0. The standard InChI is InChI=1S/C10H8OS3/c1-13-10-5-14-9-3-8(12)6(4-11)2-7(9)10/h2-5,12H,1H3. The van der Waals surface area contributed by atoms with Gasteiger partial charge in [0.05, 0.1) is 0 Å². The summed E-state index contributed by atoms with van der Waals surface area (Å²) in [6.45, 7) is 0. The van der Waals surface area contributed by atoms with E-state index in [1.807, 2.05) is 18.4 Å². The second-order valence-electron chi connectivity index (χ2n) is 2.83.